The van der Waals surface area contributed by atoms with Crippen LogP contribution in [0.5, 0.6) is 0 Å². The Kier molecular flexibility index (Phi) is 8.87. The number of fused-ring (bicyclic) bond motifs is 4. The summed E-state index contributed by atoms with van der Waals surface area (Å²) in [5.74, 6) is 0. The van der Waals surface area contributed by atoms with Crippen molar-refractivity contribution in [3.63, 3.8) is 0 Å². The van der Waals surface area contributed by atoms with E-state index in [1.165, 1.54) is 71.6 Å². The van der Waals surface area contributed by atoms with Gasteiger partial charge < -0.3 is 9.47 Å². The van der Waals surface area contributed by atoms with Crippen LogP contribution in [0.25, 0.3) is 82.8 Å². The number of rotatable bonds is 8. The van der Waals surface area contributed by atoms with E-state index in [9.17, 15) is 0 Å². The summed E-state index contributed by atoms with van der Waals surface area (Å²) in [5, 5.41) is 4.86. The van der Waals surface area contributed by atoms with Crippen LogP contribution < -0.4 is 4.90 Å². The number of para-hydroxylation sites is 1. The molecule has 11 aromatic rings. The standard InChI is InChI=1S/C58H40N2/c1-5-17-41(18-6-1)42-29-32-47(33-30-42)60-55-28-16-15-27-52(55)53-37-35-49(40-57(53)60)59(56-38-31-45-23-13-14-26-51(45)58(56)46-24-11-4-12-25-46)48-34-36-50(43-19-7-2-8-20-43)54(39-48)44-21-9-3-10-22-44/h1-40H. The van der Waals surface area contributed by atoms with Gasteiger partial charge in [-0.25, -0.2) is 0 Å². The largest absolute Gasteiger partial charge is 0.310 e. The molecule has 0 unspecified atom stereocenters. The van der Waals surface area contributed by atoms with Crippen LogP contribution in [0, 0.1) is 0 Å². The average Bonchev–Trinajstić information content (AvgIpc) is 3.66. The van der Waals surface area contributed by atoms with Crippen molar-refractivity contribution in [3.8, 4) is 50.2 Å². The molecule has 0 amide bonds. The number of hydrogen-bond acceptors (Lipinski definition) is 1. The van der Waals surface area contributed by atoms with E-state index in [2.05, 4.69) is 252 Å². The predicted molar refractivity (Wildman–Crippen MR) is 255 cm³/mol. The number of nitrogens with zero attached hydrogens (tertiary/aromatic N) is 2. The highest BCUT2D eigenvalue weighted by molar-refractivity contribution is 6.11. The Labute approximate surface area is 350 Å². The molecule has 0 radical (unpaired) electrons. The molecule has 0 atom stereocenters. The van der Waals surface area contributed by atoms with Crippen LogP contribution in [0.1, 0.15) is 0 Å². The van der Waals surface area contributed by atoms with Crippen molar-refractivity contribution >= 4 is 49.6 Å². The molecular formula is C58H40N2. The third kappa shape index (κ3) is 6.23. The van der Waals surface area contributed by atoms with Crippen molar-refractivity contribution in [2.45, 2.75) is 0 Å². The van der Waals surface area contributed by atoms with Crippen molar-refractivity contribution in [2.24, 2.45) is 0 Å². The quantitative estimate of drug-likeness (QED) is 0.150. The molecule has 60 heavy (non-hydrogen) atoms. The summed E-state index contributed by atoms with van der Waals surface area (Å²) in [4.78, 5) is 2.47. The summed E-state index contributed by atoms with van der Waals surface area (Å²) in [6.45, 7) is 0. The minimum absolute atomic E-state index is 1.08. The van der Waals surface area contributed by atoms with Crippen LogP contribution in [-0.2, 0) is 0 Å². The first kappa shape index (κ1) is 35.2. The van der Waals surface area contributed by atoms with E-state index in [1.54, 1.807) is 0 Å². The maximum atomic E-state index is 2.47. The SMILES string of the molecule is c1ccc(-c2ccc(-n3c4ccccc4c4ccc(N(c5ccc(-c6ccccc6)c(-c6ccccc6)c5)c5ccc6ccccc6c5-c5ccccc5)cc43)cc2)cc1. The zero-order valence-electron chi connectivity index (χ0n) is 33.0. The Morgan fingerprint density at radius 2 is 0.817 bits per heavy atom. The lowest BCUT2D eigenvalue weighted by atomic mass is 9.92. The van der Waals surface area contributed by atoms with Gasteiger partial charge in [0.15, 0.2) is 0 Å². The molecule has 1 heterocycles. The third-order valence-electron chi connectivity index (χ3n) is 11.8. The first-order valence-electron chi connectivity index (χ1n) is 20.6. The molecule has 0 saturated carbocycles. The maximum absolute atomic E-state index is 2.47. The summed E-state index contributed by atoms with van der Waals surface area (Å²) >= 11 is 0. The van der Waals surface area contributed by atoms with Gasteiger partial charge in [-0.05, 0) is 98.2 Å². The summed E-state index contributed by atoms with van der Waals surface area (Å²) in [6.07, 6.45) is 0. The molecule has 1 aromatic heterocycles. The lowest BCUT2D eigenvalue weighted by Gasteiger charge is -2.30. The molecule has 2 nitrogen and oxygen atoms in total. The van der Waals surface area contributed by atoms with Crippen molar-refractivity contribution < 1.29 is 0 Å². The summed E-state index contributed by atoms with van der Waals surface area (Å²) in [5.41, 5.74) is 16.2. The smallest absolute Gasteiger partial charge is 0.0561 e. The van der Waals surface area contributed by atoms with E-state index in [-0.39, 0.29) is 0 Å². The fourth-order valence-corrected chi connectivity index (χ4v) is 8.99. The topological polar surface area (TPSA) is 8.17 Å². The summed E-state index contributed by atoms with van der Waals surface area (Å²) in [7, 11) is 0. The van der Waals surface area contributed by atoms with E-state index in [0.717, 1.165) is 28.3 Å². The molecule has 10 aromatic carbocycles. The molecule has 0 fully saturated rings. The van der Waals surface area contributed by atoms with E-state index < -0.39 is 0 Å². The van der Waals surface area contributed by atoms with Gasteiger partial charge in [-0.3, -0.25) is 0 Å². The van der Waals surface area contributed by atoms with Gasteiger partial charge >= 0.3 is 0 Å². The Morgan fingerprint density at radius 3 is 1.52 bits per heavy atom. The lowest BCUT2D eigenvalue weighted by molar-refractivity contribution is 1.18. The molecule has 282 valence electrons. The van der Waals surface area contributed by atoms with Gasteiger partial charge in [-0.15, -0.1) is 0 Å². The van der Waals surface area contributed by atoms with Gasteiger partial charge in [0.1, 0.15) is 0 Å². The van der Waals surface area contributed by atoms with Crippen molar-refractivity contribution in [3.05, 3.63) is 243 Å². The summed E-state index contributed by atoms with van der Waals surface area (Å²) < 4.78 is 2.42. The molecule has 0 aliphatic carbocycles. The second-order valence-corrected chi connectivity index (χ2v) is 15.3. The van der Waals surface area contributed by atoms with Crippen LogP contribution in [-0.4, -0.2) is 4.57 Å². The van der Waals surface area contributed by atoms with Crippen molar-refractivity contribution in [1.29, 1.82) is 0 Å². The maximum Gasteiger partial charge on any atom is 0.0561 e. The molecule has 2 heteroatoms. The monoisotopic (exact) mass is 764 g/mol. The Hall–Kier alpha value is -7.94. The molecule has 0 aliphatic heterocycles. The minimum Gasteiger partial charge on any atom is -0.310 e. The highest BCUT2D eigenvalue weighted by Gasteiger charge is 2.23. The molecule has 0 spiro atoms. The molecule has 0 bridgehead atoms. The molecule has 0 aliphatic rings. The van der Waals surface area contributed by atoms with Gasteiger partial charge in [0.05, 0.1) is 16.7 Å². The number of aromatic nitrogens is 1. The van der Waals surface area contributed by atoms with Gasteiger partial charge in [0.2, 0.25) is 0 Å². The Morgan fingerprint density at radius 1 is 0.300 bits per heavy atom. The zero-order chi connectivity index (χ0) is 39.8. The summed E-state index contributed by atoms with van der Waals surface area (Å²) in [6, 6.07) is 88.0. The molecule has 0 saturated heterocycles. The highest BCUT2D eigenvalue weighted by Crippen LogP contribution is 2.47. The van der Waals surface area contributed by atoms with Gasteiger partial charge in [-0.2, -0.15) is 0 Å². The predicted octanol–water partition coefficient (Wildman–Crippen LogP) is 16.1. The van der Waals surface area contributed by atoms with Crippen LogP contribution in [0.2, 0.25) is 0 Å². The molecular weight excluding hydrogens is 725 g/mol. The minimum atomic E-state index is 1.08. The van der Waals surface area contributed by atoms with Crippen molar-refractivity contribution in [2.75, 3.05) is 4.90 Å². The highest BCUT2D eigenvalue weighted by atomic mass is 15.1. The van der Waals surface area contributed by atoms with Gasteiger partial charge in [0, 0.05) is 33.4 Å². The van der Waals surface area contributed by atoms with E-state index >= 15 is 0 Å². The lowest BCUT2D eigenvalue weighted by Crippen LogP contribution is -2.12. The Balaban J connectivity index is 1.19. The normalized spacial score (nSPS) is 11.3. The number of hydrogen-bond donors (Lipinski definition) is 0. The Bertz CT molecular complexity index is 3280. The molecule has 11 rings (SSSR count). The number of anilines is 3. The number of benzene rings is 10. The molecule has 0 N–H and O–H groups in total. The fourth-order valence-electron chi connectivity index (χ4n) is 8.99. The fraction of sp³-hybridized carbons (Fsp3) is 0. The second kappa shape index (κ2) is 15.1. The van der Waals surface area contributed by atoms with Crippen LogP contribution in [0.4, 0.5) is 17.1 Å². The van der Waals surface area contributed by atoms with E-state index in [0.29, 0.717) is 0 Å². The first-order chi connectivity index (χ1) is 29.8. The van der Waals surface area contributed by atoms with Gasteiger partial charge in [0.25, 0.3) is 0 Å². The third-order valence-corrected chi connectivity index (χ3v) is 11.8. The van der Waals surface area contributed by atoms with Crippen LogP contribution in [0.3, 0.4) is 0 Å². The van der Waals surface area contributed by atoms with Crippen molar-refractivity contribution in [1.82, 2.24) is 4.57 Å². The first-order valence-corrected chi connectivity index (χ1v) is 20.6. The second-order valence-electron chi connectivity index (χ2n) is 15.3. The zero-order valence-corrected chi connectivity index (χ0v) is 33.0. The van der Waals surface area contributed by atoms with E-state index in [1.807, 2.05) is 0 Å². The average molecular weight is 765 g/mol. The van der Waals surface area contributed by atoms with Crippen LogP contribution in [0.15, 0.2) is 243 Å². The van der Waals surface area contributed by atoms with Crippen LogP contribution >= 0.6 is 0 Å². The van der Waals surface area contributed by atoms with Gasteiger partial charge in [-0.1, -0.05) is 194 Å². The van der Waals surface area contributed by atoms with E-state index in [4.69, 9.17) is 0 Å².